The van der Waals surface area contributed by atoms with Gasteiger partial charge >= 0.3 is 0 Å². The van der Waals surface area contributed by atoms with Crippen molar-refractivity contribution in [2.24, 2.45) is 5.10 Å². The molecule has 1 amide bonds. The number of benzene rings is 2. The van der Waals surface area contributed by atoms with Gasteiger partial charge in [0.25, 0.3) is 11.5 Å². The number of carbonyl (C=O) groups excluding carboxylic acids is 1. The molecule has 8 nitrogen and oxygen atoms in total. The molecule has 132 valence electrons. The van der Waals surface area contributed by atoms with Gasteiger partial charge in [0.05, 0.1) is 25.8 Å². The van der Waals surface area contributed by atoms with Gasteiger partial charge < -0.3 is 9.47 Å². The number of aromatic amines is 1. The van der Waals surface area contributed by atoms with Crippen molar-refractivity contribution in [2.45, 2.75) is 0 Å². The van der Waals surface area contributed by atoms with Crippen LogP contribution in [0.2, 0.25) is 0 Å². The smallest absolute Gasteiger partial charge is 0.292 e. The summed E-state index contributed by atoms with van der Waals surface area (Å²) in [5.74, 6) is 0.614. The predicted octanol–water partition coefficient (Wildman–Crippen LogP) is 1.70. The summed E-state index contributed by atoms with van der Waals surface area (Å²) >= 11 is 0. The number of rotatable bonds is 5. The highest BCUT2D eigenvalue weighted by Gasteiger charge is 2.13. The van der Waals surface area contributed by atoms with E-state index in [2.05, 4.69) is 20.7 Å². The number of aromatic nitrogens is 2. The summed E-state index contributed by atoms with van der Waals surface area (Å²) in [6.45, 7) is 0. The van der Waals surface area contributed by atoms with Crippen molar-refractivity contribution >= 4 is 22.9 Å². The van der Waals surface area contributed by atoms with E-state index in [4.69, 9.17) is 9.47 Å². The maximum Gasteiger partial charge on any atom is 0.292 e. The lowest BCUT2D eigenvalue weighted by Gasteiger charge is -2.07. The van der Waals surface area contributed by atoms with E-state index in [0.29, 0.717) is 27.8 Å². The fourth-order valence-corrected chi connectivity index (χ4v) is 2.44. The number of amides is 1. The monoisotopic (exact) mass is 352 g/mol. The standard InChI is InChI=1S/C18H16N4O4/c1-25-14-8-7-11(9-15(14)26-2)10-19-21-18(24)16-12-5-3-4-6-13(12)17(23)22-20-16/h3-10H,1-2H3,(H,21,24)(H,22,23)/b19-10+. The molecule has 8 heteroatoms. The molecule has 2 aromatic carbocycles. The molecule has 3 aromatic rings. The number of hydrogen-bond acceptors (Lipinski definition) is 6. The lowest BCUT2D eigenvalue weighted by Crippen LogP contribution is -2.22. The summed E-state index contributed by atoms with van der Waals surface area (Å²) in [4.78, 5) is 24.1. The molecular formula is C18H16N4O4. The Kier molecular flexibility index (Phi) is 4.93. The minimum atomic E-state index is -0.533. The lowest BCUT2D eigenvalue weighted by atomic mass is 10.1. The van der Waals surface area contributed by atoms with Crippen LogP contribution >= 0.6 is 0 Å². The van der Waals surface area contributed by atoms with Gasteiger partial charge in [0, 0.05) is 5.39 Å². The number of fused-ring (bicyclic) bond motifs is 1. The first-order valence-electron chi connectivity index (χ1n) is 7.67. The molecule has 0 aliphatic heterocycles. The first-order valence-corrected chi connectivity index (χ1v) is 7.67. The molecule has 0 aliphatic rings. The van der Waals surface area contributed by atoms with Gasteiger partial charge in [-0.1, -0.05) is 18.2 Å². The molecule has 3 rings (SSSR count). The zero-order valence-electron chi connectivity index (χ0n) is 14.1. The molecule has 0 saturated heterocycles. The molecule has 0 saturated carbocycles. The van der Waals surface area contributed by atoms with Gasteiger partial charge in [-0.05, 0) is 29.8 Å². The maximum atomic E-state index is 12.3. The molecule has 0 bridgehead atoms. The van der Waals surface area contributed by atoms with E-state index < -0.39 is 5.91 Å². The Morgan fingerprint density at radius 2 is 1.85 bits per heavy atom. The molecule has 2 N–H and O–H groups in total. The van der Waals surface area contributed by atoms with Crippen LogP contribution in [0.4, 0.5) is 0 Å². The van der Waals surface area contributed by atoms with Crippen molar-refractivity contribution in [3.05, 3.63) is 64.1 Å². The molecule has 26 heavy (non-hydrogen) atoms. The van der Waals surface area contributed by atoms with Crippen LogP contribution in [0.3, 0.4) is 0 Å². The minimum Gasteiger partial charge on any atom is -0.493 e. The average molecular weight is 352 g/mol. The Bertz CT molecular complexity index is 1040. The van der Waals surface area contributed by atoms with Gasteiger partial charge in [-0.2, -0.15) is 10.2 Å². The lowest BCUT2D eigenvalue weighted by molar-refractivity contribution is 0.0951. The van der Waals surface area contributed by atoms with Crippen molar-refractivity contribution in [3.63, 3.8) is 0 Å². The van der Waals surface area contributed by atoms with E-state index in [0.717, 1.165) is 0 Å². The normalized spacial score (nSPS) is 10.8. The fourth-order valence-electron chi connectivity index (χ4n) is 2.44. The number of ether oxygens (including phenoxy) is 2. The topological polar surface area (TPSA) is 106 Å². The van der Waals surface area contributed by atoms with Crippen LogP contribution in [0, 0.1) is 0 Å². The Morgan fingerprint density at radius 3 is 2.58 bits per heavy atom. The van der Waals surface area contributed by atoms with Crippen LogP contribution in [0.1, 0.15) is 16.1 Å². The summed E-state index contributed by atoms with van der Waals surface area (Å²) in [6, 6.07) is 12.0. The van der Waals surface area contributed by atoms with Gasteiger partial charge in [-0.15, -0.1) is 0 Å². The fraction of sp³-hybridized carbons (Fsp3) is 0.111. The summed E-state index contributed by atoms with van der Waals surface area (Å²) in [6.07, 6.45) is 1.47. The van der Waals surface area contributed by atoms with Crippen LogP contribution in [0.5, 0.6) is 11.5 Å². The number of hydrogen-bond donors (Lipinski definition) is 2. The third kappa shape index (κ3) is 3.39. The average Bonchev–Trinajstić information content (AvgIpc) is 2.68. The summed E-state index contributed by atoms with van der Waals surface area (Å²) in [5.41, 5.74) is 2.84. The van der Waals surface area contributed by atoms with Crippen LogP contribution in [-0.4, -0.2) is 36.5 Å². The van der Waals surface area contributed by atoms with Crippen molar-refractivity contribution in [1.29, 1.82) is 0 Å². The van der Waals surface area contributed by atoms with E-state index in [1.54, 1.807) is 49.6 Å². The molecule has 1 aromatic heterocycles. The largest absolute Gasteiger partial charge is 0.493 e. The molecule has 0 spiro atoms. The first-order chi connectivity index (χ1) is 12.6. The van der Waals surface area contributed by atoms with Crippen LogP contribution in [0.15, 0.2) is 52.4 Å². The Labute approximate surface area is 148 Å². The van der Waals surface area contributed by atoms with E-state index >= 15 is 0 Å². The van der Waals surface area contributed by atoms with E-state index in [-0.39, 0.29) is 11.3 Å². The number of hydrazone groups is 1. The Balaban J connectivity index is 1.80. The zero-order valence-corrected chi connectivity index (χ0v) is 14.1. The van der Waals surface area contributed by atoms with Crippen LogP contribution in [-0.2, 0) is 0 Å². The van der Waals surface area contributed by atoms with Gasteiger partial charge in [-0.25, -0.2) is 10.5 Å². The van der Waals surface area contributed by atoms with E-state index in [1.165, 1.54) is 13.3 Å². The third-order valence-electron chi connectivity index (χ3n) is 3.70. The van der Waals surface area contributed by atoms with Gasteiger partial charge in [0.1, 0.15) is 0 Å². The molecular weight excluding hydrogens is 336 g/mol. The van der Waals surface area contributed by atoms with Crippen molar-refractivity contribution in [1.82, 2.24) is 15.6 Å². The summed E-state index contributed by atoms with van der Waals surface area (Å²) in [5, 5.41) is 10.9. The highest BCUT2D eigenvalue weighted by atomic mass is 16.5. The Morgan fingerprint density at radius 1 is 1.12 bits per heavy atom. The van der Waals surface area contributed by atoms with Crippen molar-refractivity contribution < 1.29 is 14.3 Å². The van der Waals surface area contributed by atoms with Crippen molar-refractivity contribution in [2.75, 3.05) is 14.2 Å². The number of nitrogens with zero attached hydrogens (tertiary/aromatic N) is 2. The quantitative estimate of drug-likeness (QED) is 0.537. The van der Waals surface area contributed by atoms with Crippen LogP contribution < -0.4 is 20.5 Å². The van der Waals surface area contributed by atoms with E-state index in [9.17, 15) is 9.59 Å². The third-order valence-corrected chi connectivity index (χ3v) is 3.70. The van der Waals surface area contributed by atoms with Gasteiger partial charge in [0.15, 0.2) is 17.2 Å². The van der Waals surface area contributed by atoms with Gasteiger partial charge in [0.2, 0.25) is 0 Å². The van der Waals surface area contributed by atoms with Gasteiger partial charge in [-0.3, -0.25) is 9.59 Å². The maximum absolute atomic E-state index is 12.3. The highest BCUT2D eigenvalue weighted by Crippen LogP contribution is 2.26. The molecule has 0 fully saturated rings. The molecule has 0 unspecified atom stereocenters. The second-order valence-electron chi connectivity index (χ2n) is 5.26. The van der Waals surface area contributed by atoms with Crippen LogP contribution in [0.25, 0.3) is 10.8 Å². The second kappa shape index (κ2) is 7.47. The number of carbonyl (C=O) groups is 1. The molecule has 0 radical (unpaired) electrons. The number of H-pyrrole nitrogens is 1. The van der Waals surface area contributed by atoms with Crippen molar-refractivity contribution in [3.8, 4) is 11.5 Å². The zero-order chi connectivity index (χ0) is 18.5. The number of nitrogens with one attached hydrogen (secondary N) is 2. The summed E-state index contributed by atoms with van der Waals surface area (Å²) < 4.78 is 10.4. The molecule has 0 aliphatic carbocycles. The molecule has 1 heterocycles. The minimum absolute atomic E-state index is 0.0876. The Hall–Kier alpha value is -3.68. The SMILES string of the molecule is COc1ccc(/C=N/NC(=O)c2n[nH]c(=O)c3ccccc23)cc1OC. The summed E-state index contributed by atoms with van der Waals surface area (Å²) in [7, 11) is 3.08. The molecule has 0 atom stereocenters. The number of methoxy groups -OCH3 is 2. The van der Waals surface area contributed by atoms with E-state index in [1.807, 2.05) is 0 Å². The second-order valence-corrected chi connectivity index (χ2v) is 5.26. The predicted molar refractivity (Wildman–Crippen MR) is 97.0 cm³/mol. The highest BCUT2D eigenvalue weighted by molar-refractivity contribution is 6.04. The first kappa shape index (κ1) is 17.2.